The van der Waals surface area contributed by atoms with Gasteiger partial charge in [-0.2, -0.15) is 0 Å². The van der Waals surface area contributed by atoms with Crippen LogP contribution < -0.4 is 0 Å². The van der Waals surface area contributed by atoms with E-state index >= 15 is 0 Å². The fraction of sp³-hybridized carbons (Fsp3) is 0. The van der Waals surface area contributed by atoms with Crippen LogP contribution in [0.4, 0.5) is 0 Å². The number of benzene rings is 6. The summed E-state index contributed by atoms with van der Waals surface area (Å²) in [5, 5.41) is 3.18. The van der Waals surface area contributed by atoms with E-state index in [9.17, 15) is 0 Å². The van der Waals surface area contributed by atoms with Gasteiger partial charge in [0.05, 0.1) is 5.39 Å². The van der Waals surface area contributed by atoms with E-state index in [1.807, 2.05) is 48.5 Å². The molecule has 5 heteroatoms. The molecule has 0 saturated carbocycles. The second kappa shape index (κ2) is 11.2. The minimum atomic E-state index is 0.567. The Labute approximate surface area is 270 Å². The number of hydrogen-bond donors (Lipinski definition) is 0. The van der Waals surface area contributed by atoms with Crippen molar-refractivity contribution in [1.29, 1.82) is 0 Å². The number of furan rings is 1. The minimum absolute atomic E-state index is 0.567. The third kappa shape index (κ3) is 4.91. The normalized spacial score (nSPS) is 11.4. The van der Waals surface area contributed by atoms with Gasteiger partial charge in [-0.1, -0.05) is 127 Å². The van der Waals surface area contributed by atoms with Crippen LogP contribution in [0.15, 0.2) is 162 Å². The molecule has 9 rings (SSSR count). The predicted octanol–water partition coefficient (Wildman–Crippen LogP) is 10.7. The molecule has 0 N–H and O–H groups in total. The highest BCUT2D eigenvalue weighted by Gasteiger charge is 2.18. The van der Waals surface area contributed by atoms with Crippen molar-refractivity contribution in [3.63, 3.8) is 0 Å². The SMILES string of the molecule is c1ccc(-c2ccc(-c3ccc(-c4nc(-c5ccc6ccccc6c5)nc(-c5cccc6oc7cccnc7c56)n4)cc3)cc2)cc1. The highest BCUT2D eigenvalue weighted by atomic mass is 16.3. The molecule has 47 heavy (non-hydrogen) atoms. The van der Waals surface area contributed by atoms with Gasteiger partial charge in [-0.25, -0.2) is 15.0 Å². The van der Waals surface area contributed by atoms with Crippen LogP contribution in [0.3, 0.4) is 0 Å². The Hall–Kier alpha value is -6.46. The molecule has 0 amide bonds. The molecule has 0 aliphatic carbocycles. The summed E-state index contributed by atoms with van der Waals surface area (Å²) in [7, 11) is 0. The summed E-state index contributed by atoms with van der Waals surface area (Å²) in [6.45, 7) is 0. The van der Waals surface area contributed by atoms with Crippen molar-refractivity contribution in [2.45, 2.75) is 0 Å². The molecule has 0 atom stereocenters. The van der Waals surface area contributed by atoms with Gasteiger partial charge in [-0.05, 0) is 57.3 Å². The van der Waals surface area contributed by atoms with E-state index in [4.69, 9.17) is 19.4 Å². The molecule has 3 heterocycles. The summed E-state index contributed by atoms with van der Waals surface area (Å²) in [6.07, 6.45) is 1.78. The van der Waals surface area contributed by atoms with E-state index < -0.39 is 0 Å². The molecule has 0 aliphatic rings. The molecule has 6 aromatic carbocycles. The molecule has 5 nitrogen and oxygen atoms in total. The lowest BCUT2D eigenvalue weighted by molar-refractivity contribution is 0.668. The van der Waals surface area contributed by atoms with Crippen molar-refractivity contribution in [2.24, 2.45) is 0 Å². The Balaban J connectivity index is 1.16. The number of hydrogen-bond acceptors (Lipinski definition) is 5. The number of fused-ring (bicyclic) bond motifs is 4. The third-order valence-electron chi connectivity index (χ3n) is 8.61. The summed E-state index contributed by atoms with van der Waals surface area (Å²) in [4.78, 5) is 19.8. The van der Waals surface area contributed by atoms with Crippen molar-refractivity contribution >= 4 is 32.8 Å². The van der Waals surface area contributed by atoms with Gasteiger partial charge < -0.3 is 4.42 Å². The first-order chi connectivity index (χ1) is 23.3. The van der Waals surface area contributed by atoms with Crippen molar-refractivity contribution in [3.8, 4) is 56.4 Å². The molecule has 0 unspecified atom stereocenters. The quantitative estimate of drug-likeness (QED) is 0.196. The number of pyridine rings is 1. The zero-order valence-electron chi connectivity index (χ0n) is 25.2. The number of rotatable bonds is 5. The maximum absolute atomic E-state index is 6.15. The van der Waals surface area contributed by atoms with Crippen LogP contribution in [-0.2, 0) is 0 Å². The second-order valence-electron chi connectivity index (χ2n) is 11.5. The van der Waals surface area contributed by atoms with Gasteiger partial charge in [-0.15, -0.1) is 0 Å². The molecular weight excluding hydrogens is 576 g/mol. The van der Waals surface area contributed by atoms with Crippen LogP contribution in [0.25, 0.3) is 89.3 Å². The summed E-state index contributed by atoms with van der Waals surface area (Å²) < 4.78 is 6.15. The first-order valence-electron chi connectivity index (χ1n) is 15.5. The van der Waals surface area contributed by atoms with E-state index in [1.54, 1.807) is 6.20 Å². The van der Waals surface area contributed by atoms with E-state index in [0.29, 0.717) is 17.5 Å². The number of aromatic nitrogens is 4. The van der Waals surface area contributed by atoms with E-state index in [1.165, 1.54) is 16.5 Å². The maximum atomic E-state index is 6.15. The summed E-state index contributed by atoms with van der Waals surface area (Å²) in [5.41, 5.74) is 9.61. The highest BCUT2D eigenvalue weighted by Crippen LogP contribution is 2.36. The van der Waals surface area contributed by atoms with Gasteiger partial charge in [-0.3, -0.25) is 4.98 Å². The van der Waals surface area contributed by atoms with Crippen LogP contribution in [0.1, 0.15) is 0 Å². The highest BCUT2D eigenvalue weighted by molar-refractivity contribution is 6.09. The third-order valence-corrected chi connectivity index (χ3v) is 8.61. The molecule has 0 saturated heterocycles. The van der Waals surface area contributed by atoms with Gasteiger partial charge in [0, 0.05) is 22.9 Å². The lowest BCUT2D eigenvalue weighted by atomic mass is 9.99. The lowest BCUT2D eigenvalue weighted by Crippen LogP contribution is -2.00. The van der Waals surface area contributed by atoms with Crippen LogP contribution in [0, 0.1) is 0 Å². The monoisotopic (exact) mass is 602 g/mol. The summed E-state index contributed by atoms with van der Waals surface area (Å²) in [5.74, 6) is 1.77. The van der Waals surface area contributed by atoms with Crippen LogP contribution >= 0.6 is 0 Å². The first-order valence-corrected chi connectivity index (χ1v) is 15.5. The Kier molecular flexibility index (Phi) is 6.39. The smallest absolute Gasteiger partial charge is 0.164 e. The Morgan fingerprint density at radius 1 is 0.383 bits per heavy atom. The average molecular weight is 603 g/mol. The molecule has 220 valence electrons. The van der Waals surface area contributed by atoms with Crippen molar-refractivity contribution in [1.82, 2.24) is 19.9 Å². The molecule has 9 aromatic rings. The van der Waals surface area contributed by atoms with Crippen molar-refractivity contribution in [3.05, 3.63) is 158 Å². The summed E-state index contributed by atoms with van der Waals surface area (Å²) >= 11 is 0. The van der Waals surface area contributed by atoms with Crippen LogP contribution in [-0.4, -0.2) is 19.9 Å². The van der Waals surface area contributed by atoms with Crippen LogP contribution in [0.2, 0.25) is 0 Å². The molecule has 0 fully saturated rings. The van der Waals surface area contributed by atoms with E-state index in [2.05, 4.69) is 108 Å². The van der Waals surface area contributed by atoms with Gasteiger partial charge >= 0.3 is 0 Å². The largest absolute Gasteiger partial charge is 0.454 e. The van der Waals surface area contributed by atoms with Crippen molar-refractivity contribution in [2.75, 3.05) is 0 Å². The second-order valence-corrected chi connectivity index (χ2v) is 11.5. The standard InChI is InChI=1S/C42H26N4O/c1-2-8-27(9-3-1)29-15-17-30(18-16-29)31-19-22-32(23-20-31)40-44-41(34-24-21-28-10-4-5-11-33(28)26-34)46-42(45-40)35-12-6-13-36-38(35)39-37(47-36)14-7-25-43-39/h1-26H. The van der Waals surface area contributed by atoms with Crippen molar-refractivity contribution < 1.29 is 4.42 Å². The van der Waals surface area contributed by atoms with Crippen LogP contribution in [0.5, 0.6) is 0 Å². The van der Waals surface area contributed by atoms with Gasteiger partial charge in [0.15, 0.2) is 23.1 Å². The minimum Gasteiger partial charge on any atom is -0.454 e. The molecular formula is C42H26N4O. The predicted molar refractivity (Wildman–Crippen MR) is 190 cm³/mol. The van der Waals surface area contributed by atoms with E-state index in [-0.39, 0.29) is 0 Å². The maximum Gasteiger partial charge on any atom is 0.164 e. The fourth-order valence-corrected chi connectivity index (χ4v) is 6.21. The number of nitrogens with zero attached hydrogens (tertiary/aromatic N) is 4. The molecule has 0 bridgehead atoms. The molecule has 0 radical (unpaired) electrons. The Morgan fingerprint density at radius 3 is 1.70 bits per heavy atom. The Morgan fingerprint density at radius 2 is 0.957 bits per heavy atom. The van der Waals surface area contributed by atoms with E-state index in [0.717, 1.165) is 55.3 Å². The molecule has 3 aromatic heterocycles. The van der Waals surface area contributed by atoms with Gasteiger partial charge in [0.25, 0.3) is 0 Å². The zero-order valence-corrected chi connectivity index (χ0v) is 25.2. The Bertz CT molecular complexity index is 2560. The molecule has 0 spiro atoms. The lowest BCUT2D eigenvalue weighted by Gasteiger charge is -2.10. The fourth-order valence-electron chi connectivity index (χ4n) is 6.21. The zero-order chi connectivity index (χ0) is 31.2. The average Bonchev–Trinajstić information content (AvgIpc) is 3.54. The molecule has 0 aliphatic heterocycles. The van der Waals surface area contributed by atoms with Gasteiger partial charge in [0.2, 0.25) is 0 Å². The topological polar surface area (TPSA) is 64.7 Å². The van der Waals surface area contributed by atoms with Gasteiger partial charge in [0.1, 0.15) is 11.1 Å². The summed E-state index contributed by atoms with van der Waals surface area (Å²) in [6, 6.07) is 51.9. The first kappa shape index (κ1) is 26.9.